The highest BCUT2D eigenvalue weighted by molar-refractivity contribution is 5.82. The summed E-state index contributed by atoms with van der Waals surface area (Å²) in [7, 11) is 0. The Kier molecular flexibility index (Phi) is 4.59. The Labute approximate surface area is 152 Å². The zero-order valence-corrected chi connectivity index (χ0v) is 16.0. The van der Waals surface area contributed by atoms with Gasteiger partial charge in [-0.15, -0.1) is 0 Å². The van der Waals surface area contributed by atoms with Gasteiger partial charge in [0.25, 0.3) is 0 Å². The second kappa shape index (κ2) is 6.74. The van der Waals surface area contributed by atoms with Crippen LogP contribution in [0.5, 0.6) is 0 Å². The van der Waals surface area contributed by atoms with Crippen LogP contribution in [0.3, 0.4) is 0 Å². The monoisotopic (exact) mass is 336 g/mol. The predicted molar refractivity (Wildman–Crippen MR) is 107 cm³/mol. The van der Waals surface area contributed by atoms with E-state index in [2.05, 4.69) is 73.0 Å². The molecule has 2 heteroatoms. The first-order chi connectivity index (χ1) is 12.0. The average Bonchev–Trinajstić information content (AvgIpc) is 2.53. The number of benzene rings is 2. The number of hydrogen-bond acceptors (Lipinski definition) is 2. The van der Waals surface area contributed by atoms with Crippen LogP contribution in [0.15, 0.2) is 42.5 Å². The fourth-order valence-electron chi connectivity index (χ4n) is 4.51. The largest absolute Gasteiger partial charge is 0.298 e. The Morgan fingerprint density at radius 3 is 2.40 bits per heavy atom. The van der Waals surface area contributed by atoms with Crippen molar-refractivity contribution in [3.63, 3.8) is 0 Å². The Balaban J connectivity index is 1.52. The van der Waals surface area contributed by atoms with Crippen LogP contribution in [-0.2, 0) is 6.54 Å². The van der Waals surface area contributed by atoms with Crippen LogP contribution in [0.4, 0.5) is 0 Å². The maximum atomic E-state index is 2.77. The van der Waals surface area contributed by atoms with Crippen LogP contribution >= 0.6 is 0 Å². The summed E-state index contributed by atoms with van der Waals surface area (Å²) >= 11 is 0. The van der Waals surface area contributed by atoms with Crippen molar-refractivity contribution in [2.24, 2.45) is 5.41 Å². The minimum Gasteiger partial charge on any atom is -0.298 e. The van der Waals surface area contributed by atoms with Gasteiger partial charge in [-0.3, -0.25) is 9.80 Å². The summed E-state index contributed by atoms with van der Waals surface area (Å²) in [6, 6.07) is 17.2. The van der Waals surface area contributed by atoms with E-state index in [1.54, 1.807) is 0 Å². The Bertz CT molecular complexity index is 726. The fourth-order valence-corrected chi connectivity index (χ4v) is 4.51. The summed E-state index contributed by atoms with van der Waals surface area (Å²) in [4.78, 5) is 5.51. The molecule has 1 saturated heterocycles. The molecule has 0 N–H and O–H groups in total. The lowest BCUT2D eigenvalue weighted by Crippen LogP contribution is -2.60. The normalized spacial score (nSPS) is 23.7. The smallest absolute Gasteiger partial charge is 0.0275 e. The van der Waals surface area contributed by atoms with Gasteiger partial charge in [0, 0.05) is 38.3 Å². The standard InChI is InChI=1S/C23H32N2/c1-23(2,3)22-17-24(21-9-6-10-21)13-14-25(22)16-18-11-12-19-7-4-5-8-20(19)15-18/h4-5,7-8,11-12,15,21-22H,6,9-10,13-14,16-17H2,1-3H3. The van der Waals surface area contributed by atoms with Gasteiger partial charge in [-0.05, 0) is 40.7 Å². The summed E-state index contributed by atoms with van der Waals surface area (Å²) in [5, 5.41) is 2.70. The molecule has 1 atom stereocenters. The van der Waals surface area contributed by atoms with E-state index in [1.165, 1.54) is 55.2 Å². The van der Waals surface area contributed by atoms with E-state index in [-0.39, 0.29) is 0 Å². The molecule has 0 amide bonds. The number of hydrogen-bond donors (Lipinski definition) is 0. The molecule has 2 nitrogen and oxygen atoms in total. The SMILES string of the molecule is CC(C)(C)C1CN(C2CCC2)CCN1Cc1ccc2ccccc2c1. The summed E-state index contributed by atoms with van der Waals surface area (Å²) in [5.41, 5.74) is 1.77. The van der Waals surface area contributed by atoms with Crippen LogP contribution in [-0.4, -0.2) is 41.5 Å². The van der Waals surface area contributed by atoms with E-state index in [0.717, 1.165) is 12.6 Å². The first-order valence-electron chi connectivity index (χ1n) is 9.96. The summed E-state index contributed by atoms with van der Waals surface area (Å²) in [6.07, 6.45) is 4.27. The summed E-state index contributed by atoms with van der Waals surface area (Å²) < 4.78 is 0. The molecule has 2 aromatic rings. The van der Waals surface area contributed by atoms with Gasteiger partial charge in [-0.25, -0.2) is 0 Å². The molecule has 25 heavy (non-hydrogen) atoms. The van der Waals surface area contributed by atoms with Gasteiger partial charge < -0.3 is 0 Å². The minimum absolute atomic E-state index is 0.319. The first-order valence-corrected chi connectivity index (χ1v) is 9.96. The van der Waals surface area contributed by atoms with Crippen LogP contribution in [0.2, 0.25) is 0 Å². The van der Waals surface area contributed by atoms with Crippen molar-refractivity contribution in [3.05, 3.63) is 48.0 Å². The lowest BCUT2D eigenvalue weighted by atomic mass is 9.82. The summed E-state index contributed by atoms with van der Waals surface area (Å²) in [5.74, 6) is 0. The van der Waals surface area contributed by atoms with Crippen molar-refractivity contribution >= 4 is 10.8 Å². The molecule has 134 valence electrons. The van der Waals surface area contributed by atoms with Gasteiger partial charge in [0.05, 0.1) is 0 Å². The third-order valence-corrected chi connectivity index (χ3v) is 6.31. The zero-order valence-electron chi connectivity index (χ0n) is 16.0. The lowest BCUT2D eigenvalue weighted by molar-refractivity contribution is -0.0209. The first kappa shape index (κ1) is 17.1. The van der Waals surface area contributed by atoms with Gasteiger partial charge in [0.2, 0.25) is 0 Å². The lowest BCUT2D eigenvalue weighted by Gasteiger charge is -2.51. The molecular weight excluding hydrogens is 304 g/mol. The van der Waals surface area contributed by atoms with E-state index >= 15 is 0 Å². The van der Waals surface area contributed by atoms with Gasteiger partial charge in [0.1, 0.15) is 0 Å². The maximum absolute atomic E-state index is 2.77. The highest BCUT2D eigenvalue weighted by Gasteiger charge is 2.38. The quantitative estimate of drug-likeness (QED) is 0.784. The van der Waals surface area contributed by atoms with Crippen molar-refractivity contribution < 1.29 is 0 Å². The molecule has 1 aliphatic heterocycles. The second-order valence-electron chi connectivity index (χ2n) is 9.11. The van der Waals surface area contributed by atoms with E-state index < -0.39 is 0 Å². The fraction of sp³-hybridized carbons (Fsp3) is 0.565. The minimum atomic E-state index is 0.319. The predicted octanol–water partition coefficient (Wildman–Crippen LogP) is 4.92. The second-order valence-corrected chi connectivity index (χ2v) is 9.11. The molecule has 2 aliphatic rings. The molecular formula is C23H32N2. The van der Waals surface area contributed by atoms with E-state index in [0.29, 0.717) is 11.5 Å². The molecule has 0 spiro atoms. The van der Waals surface area contributed by atoms with E-state index in [9.17, 15) is 0 Å². The number of piperazine rings is 1. The van der Waals surface area contributed by atoms with Crippen molar-refractivity contribution in [2.45, 2.75) is 58.7 Å². The molecule has 2 aromatic carbocycles. The third kappa shape index (κ3) is 3.61. The molecule has 1 heterocycles. The van der Waals surface area contributed by atoms with Crippen molar-refractivity contribution in [1.29, 1.82) is 0 Å². The highest BCUT2D eigenvalue weighted by Crippen LogP contribution is 2.33. The molecule has 0 bridgehead atoms. The maximum Gasteiger partial charge on any atom is 0.0275 e. The van der Waals surface area contributed by atoms with Gasteiger partial charge in [0.15, 0.2) is 0 Å². The van der Waals surface area contributed by atoms with Gasteiger partial charge in [-0.2, -0.15) is 0 Å². The van der Waals surface area contributed by atoms with Crippen LogP contribution in [0.1, 0.15) is 45.6 Å². The molecule has 0 radical (unpaired) electrons. The number of nitrogens with zero attached hydrogens (tertiary/aromatic N) is 2. The van der Waals surface area contributed by atoms with Crippen molar-refractivity contribution in [3.8, 4) is 0 Å². The van der Waals surface area contributed by atoms with Gasteiger partial charge in [-0.1, -0.05) is 63.6 Å². The molecule has 1 saturated carbocycles. The molecule has 1 unspecified atom stereocenters. The molecule has 2 fully saturated rings. The van der Waals surface area contributed by atoms with E-state index in [1.807, 2.05) is 0 Å². The Hall–Kier alpha value is -1.38. The molecule has 0 aromatic heterocycles. The summed E-state index contributed by atoms with van der Waals surface area (Å²) in [6.45, 7) is 12.0. The van der Waals surface area contributed by atoms with Crippen LogP contribution in [0.25, 0.3) is 10.8 Å². The average molecular weight is 337 g/mol. The number of fused-ring (bicyclic) bond motifs is 1. The molecule has 4 rings (SSSR count). The zero-order chi connectivity index (χ0) is 17.4. The third-order valence-electron chi connectivity index (χ3n) is 6.31. The van der Waals surface area contributed by atoms with Gasteiger partial charge >= 0.3 is 0 Å². The Morgan fingerprint density at radius 2 is 1.72 bits per heavy atom. The molecule has 1 aliphatic carbocycles. The van der Waals surface area contributed by atoms with Crippen molar-refractivity contribution in [2.75, 3.05) is 19.6 Å². The van der Waals surface area contributed by atoms with Crippen LogP contribution in [0, 0.1) is 5.41 Å². The highest BCUT2D eigenvalue weighted by atomic mass is 15.3. The van der Waals surface area contributed by atoms with E-state index in [4.69, 9.17) is 0 Å². The Morgan fingerprint density at radius 1 is 0.960 bits per heavy atom. The van der Waals surface area contributed by atoms with Crippen molar-refractivity contribution in [1.82, 2.24) is 9.80 Å². The topological polar surface area (TPSA) is 6.48 Å². The number of rotatable bonds is 3. The van der Waals surface area contributed by atoms with Crippen LogP contribution < -0.4 is 0 Å².